The molecule has 0 saturated carbocycles. The molecule has 1 saturated heterocycles. The van der Waals surface area contributed by atoms with Crippen molar-refractivity contribution in [2.75, 3.05) is 20.1 Å². The van der Waals surface area contributed by atoms with Crippen LogP contribution in [0.5, 0.6) is 11.5 Å². The SMILES string of the molecule is CC[C@@H](Oc1ccc(Cl)cc1)C(=O)NCc1ccc(OC2CCN(C)CC2)cc1. The Morgan fingerprint density at radius 2 is 1.72 bits per heavy atom. The molecule has 5 nitrogen and oxygen atoms in total. The molecular formula is C23H29ClN2O3. The van der Waals surface area contributed by atoms with Crippen LogP contribution in [0.3, 0.4) is 0 Å². The Balaban J connectivity index is 1.46. The second kappa shape index (κ2) is 10.5. The minimum atomic E-state index is -0.539. The number of likely N-dealkylation sites (tertiary alicyclic amines) is 1. The maximum absolute atomic E-state index is 12.5. The van der Waals surface area contributed by atoms with Gasteiger partial charge in [0.1, 0.15) is 17.6 Å². The van der Waals surface area contributed by atoms with Crippen LogP contribution in [-0.4, -0.2) is 43.2 Å². The zero-order valence-electron chi connectivity index (χ0n) is 17.1. The Labute approximate surface area is 177 Å². The molecule has 0 aromatic heterocycles. The van der Waals surface area contributed by atoms with Crippen LogP contribution in [0.25, 0.3) is 0 Å². The maximum atomic E-state index is 12.5. The zero-order chi connectivity index (χ0) is 20.6. The summed E-state index contributed by atoms with van der Waals surface area (Å²) in [5, 5.41) is 3.59. The molecule has 1 aliphatic rings. The van der Waals surface area contributed by atoms with Gasteiger partial charge in [-0.15, -0.1) is 0 Å². The second-order valence-corrected chi connectivity index (χ2v) is 7.89. The lowest BCUT2D eigenvalue weighted by atomic mass is 10.1. The number of nitrogens with zero attached hydrogens (tertiary/aromatic N) is 1. The fourth-order valence-corrected chi connectivity index (χ4v) is 3.41. The van der Waals surface area contributed by atoms with Gasteiger partial charge >= 0.3 is 0 Å². The number of hydrogen-bond donors (Lipinski definition) is 1. The molecule has 1 fully saturated rings. The standard InChI is InChI=1S/C23H29ClN2O3/c1-3-22(29-20-10-6-18(24)7-11-20)23(27)25-16-17-4-8-19(9-5-17)28-21-12-14-26(2)15-13-21/h4-11,21-22H,3,12-16H2,1-2H3,(H,25,27)/t22-/m1/s1. The number of hydrogen-bond acceptors (Lipinski definition) is 4. The minimum Gasteiger partial charge on any atom is -0.490 e. The Hall–Kier alpha value is -2.24. The third-order valence-corrected chi connectivity index (χ3v) is 5.37. The van der Waals surface area contributed by atoms with Gasteiger partial charge in [-0.3, -0.25) is 4.79 Å². The van der Waals surface area contributed by atoms with Crippen LogP contribution in [0, 0.1) is 0 Å². The van der Waals surface area contributed by atoms with Crippen molar-refractivity contribution in [1.29, 1.82) is 0 Å². The van der Waals surface area contributed by atoms with Crippen molar-refractivity contribution < 1.29 is 14.3 Å². The third-order valence-electron chi connectivity index (χ3n) is 5.11. The molecule has 0 radical (unpaired) electrons. The largest absolute Gasteiger partial charge is 0.490 e. The zero-order valence-corrected chi connectivity index (χ0v) is 17.8. The summed E-state index contributed by atoms with van der Waals surface area (Å²) >= 11 is 5.89. The predicted molar refractivity (Wildman–Crippen MR) is 116 cm³/mol. The van der Waals surface area contributed by atoms with Crippen LogP contribution in [0.1, 0.15) is 31.7 Å². The average molecular weight is 417 g/mol. The van der Waals surface area contributed by atoms with E-state index in [0.717, 1.165) is 37.2 Å². The van der Waals surface area contributed by atoms with Crippen molar-refractivity contribution in [3.05, 3.63) is 59.1 Å². The fourth-order valence-electron chi connectivity index (χ4n) is 3.28. The molecule has 2 aromatic carbocycles. The van der Waals surface area contributed by atoms with Crippen molar-refractivity contribution >= 4 is 17.5 Å². The molecule has 1 aliphatic heterocycles. The molecule has 156 valence electrons. The number of piperidine rings is 1. The van der Waals surface area contributed by atoms with Crippen molar-refractivity contribution in [3.8, 4) is 11.5 Å². The summed E-state index contributed by atoms with van der Waals surface area (Å²) in [4.78, 5) is 14.8. The summed E-state index contributed by atoms with van der Waals surface area (Å²) in [6, 6.07) is 15.0. The summed E-state index contributed by atoms with van der Waals surface area (Å²) in [5.41, 5.74) is 1.02. The van der Waals surface area contributed by atoms with Crippen molar-refractivity contribution in [2.45, 2.75) is 44.9 Å². The monoisotopic (exact) mass is 416 g/mol. The van der Waals surface area contributed by atoms with E-state index in [4.69, 9.17) is 21.1 Å². The summed E-state index contributed by atoms with van der Waals surface area (Å²) in [6.07, 6.45) is 2.44. The highest BCUT2D eigenvalue weighted by molar-refractivity contribution is 6.30. The van der Waals surface area contributed by atoms with Gasteiger partial charge in [0.05, 0.1) is 0 Å². The first-order valence-corrected chi connectivity index (χ1v) is 10.6. The molecule has 3 rings (SSSR count). The van der Waals surface area contributed by atoms with E-state index in [2.05, 4.69) is 17.3 Å². The molecule has 0 aliphatic carbocycles. The van der Waals surface area contributed by atoms with Crippen LogP contribution in [0.4, 0.5) is 0 Å². The summed E-state index contributed by atoms with van der Waals surface area (Å²) in [6.45, 7) is 4.53. The van der Waals surface area contributed by atoms with E-state index in [1.54, 1.807) is 24.3 Å². The third kappa shape index (κ3) is 6.65. The van der Waals surface area contributed by atoms with E-state index in [0.29, 0.717) is 23.7 Å². The molecule has 1 atom stereocenters. The maximum Gasteiger partial charge on any atom is 0.261 e. The van der Waals surface area contributed by atoms with E-state index in [1.807, 2.05) is 31.2 Å². The molecule has 1 N–H and O–H groups in total. The van der Waals surface area contributed by atoms with Crippen LogP contribution in [0.2, 0.25) is 5.02 Å². The van der Waals surface area contributed by atoms with Gasteiger partial charge in [0.15, 0.2) is 6.10 Å². The van der Waals surface area contributed by atoms with Crippen molar-refractivity contribution in [1.82, 2.24) is 10.2 Å². The van der Waals surface area contributed by atoms with Gasteiger partial charge in [-0.05, 0) is 68.3 Å². The molecule has 6 heteroatoms. The van der Waals surface area contributed by atoms with E-state index in [-0.39, 0.29) is 12.0 Å². The second-order valence-electron chi connectivity index (χ2n) is 7.45. The lowest BCUT2D eigenvalue weighted by Crippen LogP contribution is -2.37. The number of halogens is 1. The van der Waals surface area contributed by atoms with Gasteiger partial charge < -0.3 is 19.7 Å². The Morgan fingerprint density at radius 3 is 2.34 bits per heavy atom. The van der Waals surface area contributed by atoms with Crippen LogP contribution < -0.4 is 14.8 Å². The highest BCUT2D eigenvalue weighted by Gasteiger charge is 2.19. The summed E-state index contributed by atoms with van der Waals surface area (Å²) in [7, 11) is 2.14. The lowest BCUT2D eigenvalue weighted by Gasteiger charge is -2.29. The van der Waals surface area contributed by atoms with Crippen LogP contribution >= 0.6 is 11.6 Å². The molecule has 0 bridgehead atoms. The van der Waals surface area contributed by atoms with Crippen molar-refractivity contribution in [2.24, 2.45) is 0 Å². The quantitative estimate of drug-likeness (QED) is 0.697. The molecule has 0 unspecified atom stereocenters. The Kier molecular flexibility index (Phi) is 7.78. The number of carbonyl (C=O) groups excluding carboxylic acids is 1. The Bertz CT molecular complexity index is 772. The number of nitrogens with one attached hydrogen (secondary N) is 1. The number of rotatable bonds is 8. The van der Waals surface area contributed by atoms with Gasteiger partial charge in [-0.25, -0.2) is 0 Å². The van der Waals surface area contributed by atoms with Gasteiger partial charge in [0.2, 0.25) is 0 Å². The summed E-state index contributed by atoms with van der Waals surface area (Å²) in [5.74, 6) is 1.38. The van der Waals surface area contributed by atoms with Gasteiger partial charge in [0, 0.05) is 24.7 Å². The fraction of sp³-hybridized carbons (Fsp3) is 0.435. The van der Waals surface area contributed by atoms with E-state index < -0.39 is 6.10 Å². The first-order chi connectivity index (χ1) is 14.0. The molecule has 1 heterocycles. The van der Waals surface area contributed by atoms with E-state index >= 15 is 0 Å². The predicted octanol–water partition coefficient (Wildman–Crippen LogP) is 4.29. The van der Waals surface area contributed by atoms with Gasteiger partial charge in [-0.1, -0.05) is 30.7 Å². The Morgan fingerprint density at radius 1 is 1.10 bits per heavy atom. The van der Waals surface area contributed by atoms with E-state index in [1.165, 1.54) is 0 Å². The first-order valence-electron chi connectivity index (χ1n) is 10.2. The molecular weight excluding hydrogens is 388 g/mol. The normalized spacial score (nSPS) is 16.2. The first kappa shape index (κ1) is 21.5. The van der Waals surface area contributed by atoms with Gasteiger partial charge in [-0.2, -0.15) is 0 Å². The molecule has 0 spiro atoms. The number of benzene rings is 2. The minimum absolute atomic E-state index is 0.130. The van der Waals surface area contributed by atoms with Crippen LogP contribution in [0.15, 0.2) is 48.5 Å². The number of amides is 1. The molecule has 29 heavy (non-hydrogen) atoms. The highest BCUT2D eigenvalue weighted by Crippen LogP contribution is 2.20. The highest BCUT2D eigenvalue weighted by atomic mass is 35.5. The summed E-state index contributed by atoms with van der Waals surface area (Å²) < 4.78 is 11.9. The van der Waals surface area contributed by atoms with Crippen LogP contribution in [-0.2, 0) is 11.3 Å². The van der Waals surface area contributed by atoms with E-state index in [9.17, 15) is 4.79 Å². The smallest absolute Gasteiger partial charge is 0.261 e. The molecule has 1 amide bonds. The average Bonchev–Trinajstić information content (AvgIpc) is 2.74. The topological polar surface area (TPSA) is 50.8 Å². The number of carbonyl (C=O) groups is 1. The molecule has 2 aromatic rings. The van der Waals surface area contributed by atoms with Gasteiger partial charge in [0.25, 0.3) is 5.91 Å². The lowest BCUT2D eigenvalue weighted by molar-refractivity contribution is -0.128. The number of ether oxygens (including phenoxy) is 2. The van der Waals surface area contributed by atoms with Crippen molar-refractivity contribution in [3.63, 3.8) is 0 Å².